The molecule has 0 aliphatic rings. The SMILES string of the molecule is COc1ccc(C(=O)Nc2ccc(Cl)cc2F)c(N)c1. The summed E-state index contributed by atoms with van der Waals surface area (Å²) in [5.41, 5.74) is 6.28. The molecule has 0 fully saturated rings. The van der Waals surface area contributed by atoms with E-state index in [9.17, 15) is 9.18 Å². The summed E-state index contributed by atoms with van der Waals surface area (Å²) in [6, 6.07) is 8.62. The van der Waals surface area contributed by atoms with E-state index in [0.717, 1.165) is 6.07 Å². The van der Waals surface area contributed by atoms with Crippen LogP contribution >= 0.6 is 11.6 Å². The lowest BCUT2D eigenvalue weighted by atomic mass is 10.1. The first-order chi connectivity index (χ1) is 9.51. The molecule has 2 aromatic rings. The number of anilines is 2. The predicted molar refractivity (Wildman–Crippen MR) is 76.8 cm³/mol. The fourth-order valence-electron chi connectivity index (χ4n) is 1.66. The van der Waals surface area contributed by atoms with Crippen LogP contribution in [0.15, 0.2) is 36.4 Å². The molecule has 3 N–H and O–H groups in total. The van der Waals surface area contributed by atoms with Gasteiger partial charge in [0, 0.05) is 16.8 Å². The lowest BCUT2D eigenvalue weighted by Crippen LogP contribution is -2.15. The summed E-state index contributed by atoms with van der Waals surface area (Å²) in [5.74, 6) is -0.582. The van der Waals surface area contributed by atoms with E-state index in [0.29, 0.717) is 5.75 Å². The van der Waals surface area contributed by atoms with Crippen molar-refractivity contribution in [1.29, 1.82) is 0 Å². The van der Waals surface area contributed by atoms with Crippen LogP contribution < -0.4 is 15.8 Å². The molecule has 0 spiro atoms. The number of ether oxygens (including phenoxy) is 1. The monoisotopic (exact) mass is 294 g/mol. The predicted octanol–water partition coefficient (Wildman–Crippen LogP) is 3.32. The Morgan fingerprint density at radius 3 is 2.65 bits per heavy atom. The first-order valence-electron chi connectivity index (χ1n) is 5.71. The van der Waals surface area contributed by atoms with Gasteiger partial charge in [0.05, 0.1) is 18.4 Å². The highest BCUT2D eigenvalue weighted by Crippen LogP contribution is 2.23. The van der Waals surface area contributed by atoms with Crippen LogP contribution in [0, 0.1) is 5.82 Å². The largest absolute Gasteiger partial charge is 0.497 e. The van der Waals surface area contributed by atoms with Crippen LogP contribution in [0.2, 0.25) is 5.02 Å². The van der Waals surface area contributed by atoms with Gasteiger partial charge in [-0.25, -0.2) is 4.39 Å². The van der Waals surface area contributed by atoms with Crippen molar-refractivity contribution in [2.45, 2.75) is 0 Å². The Balaban J connectivity index is 2.24. The molecule has 0 unspecified atom stereocenters. The van der Waals surface area contributed by atoms with Crippen LogP contribution in [0.5, 0.6) is 5.75 Å². The van der Waals surface area contributed by atoms with Crippen LogP contribution in [0.25, 0.3) is 0 Å². The van der Waals surface area contributed by atoms with Crippen molar-refractivity contribution >= 4 is 28.9 Å². The Bertz CT molecular complexity index is 662. The van der Waals surface area contributed by atoms with E-state index < -0.39 is 11.7 Å². The summed E-state index contributed by atoms with van der Waals surface area (Å²) in [6.45, 7) is 0. The molecular formula is C14H12ClFN2O2. The zero-order chi connectivity index (χ0) is 14.7. The molecule has 0 saturated carbocycles. The smallest absolute Gasteiger partial charge is 0.257 e. The van der Waals surface area contributed by atoms with Gasteiger partial charge in [-0.2, -0.15) is 0 Å². The van der Waals surface area contributed by atoms with Crippen molar-refractivity contribution in [2.24, 2.45) is 0 Å². The van der Waals surface area contributed by atoms with Gasteiger partial charge in [-0.05, 0) is 30.3 Å². The molecule has 104 valence electrons. The second-order valence-electron chi connectivity index (χ2n) is 4.03. The first-order valence-corrected chi connectivity index (χ1v) is 6.09. The summed E-state index contributed by atoms with van der Waals surface area (Å²) in [4.78, 5) is 12.0. The lowest BCUT2D eigenvalue weighted by molar-refractivity contribution is 0.102. The molecule has 6 heteroatoms. The average Bonchev–Trinajstić information content (AvgIpc) is 2.41. The number of nitrogens with one attached hydrogen (secondary N) is 1. The minimum atomic E-state index is -0.613. The molecule has 2 aromatic carbocycles. The maximum Gasteiger partial charge on any atom is 0.257 e. The molecule has 0 aliphatic carbocycles. The van der Waals surface area contributed by atoms with Crippen LogP contribution in [0.3, 0.4) is 0 Å². The molecule has 20 heavy (non-hydrogen) atoms. The summed E-state index contributed by atoms with van der Waals surface area (Å²) in [6.07, 6.45) is 0. The van der Waals surface area contributed by atoms with Crippen molar-refractivity contribution < 1.29 is 13.9 Å². The molecule has 0 atom stereocenters. The van der Waals surface area contributed by atoms with Gasteiger partial charge in [0.2, 0.25) is 0 Å². The standard InChI is InChI=1S/C14H12ClFN2O2/c1-20-9-3-4-10(12(17)7-9)14(19)18-13-5-2-8(15)6-11(13)16/h2-7H,17H2,1H3,(H,18,19). The Labute approximate surface area is 120 Å². The molecule has 4 nitrogen and oxygen atoms in total. The van der Waals surface area contributed by atoms with E-state index in [2.05, 4.69) is 5.32 Å². The third-order valence-electron chi connectivity index (χ3n) is 2.68. The minimum Gasteiger partial charge on any atom is -0.497 e. The quantitative estimate of drug-likeness (QED) is 0.854. The van der Waals surface area contributed by atoms with Gasteiger partial charge >= 0.3 is 0 Å². The number of carbonyl (C=O) groups is 1. The number of amides is 1. The number of carbonyl (C=O) groups excluding carboxylic acids is 1. The Kier molecular flexibility index (Phi) is 4.10. The highest BCUT2D eigenvalue weighted by molar-refractivity contribution is 6.30. The number of methoxy groups -OCH3 is 1. The third kappa shape index (κ3) is 3.00. The van der Waals surface area contributed by atoms with Crippen molar-refractivity contribution in [2.75, 3.05) is 18.2 Å². The highest BCUT2D eigenvalue weighted by Gasteiger charge is 2.13. The van der Waals surface area contributed by atoms with Crippen LogP contribution in [-0.4, -0.2) is 13.0 Å². The minimum absolute atomic E-state index is 0.0367. The van der Waals surface area contributed by atoms with E-state index in [1.165, 1.54) is 31.4 Å². The van der Waals surface area contributed by atoms with Crippen molar-refractivity contribution in [3.05, 3.63) is 52.8 Å². The Hall–Kier alpha value is -2.27. The fourth-order valence-corrected chi connectivity index (χ4v) is 1.81. The summed E-state index contributed by atoms with van der Waals surface area (Å²) >= 11 is 5.64. The van der Waals surface area contributed by atoms with Gasteiger partial charge < -0.3 is 15.8 Å². The maximum atomic E-state index is 13.6. The van der Waals surface area contributed by atoms with Gasteiger partial charge in [-0.15, -0.1) is 0 Å². The van der Waals surface area contributed by atoms with Crippen molar-refractivity contribution in [1.82, 2.24) is 0 Å². The van der Waals surface area contributed by atoms with Crippen molar-refractivity contribution in [3.8, 4) is 5.75 Å². The number of halogens is 2. The van der Waals surface area contributed by atoms with Gasteiger partial charge in [0.1, 0.15) is 11.6 Å². The third-order valence-corrected chi connectivity index (χ3v) is 2.92. The topological polar surface area (TPSA) is 64.3 Å². The molecule has 2 rings (SSSR count). The molecule has 0 saturated heterocycles. The van der Waals surface area contributed by atoms with Gasteiger partial charge in [-0.3, -0.25) is 4.79 Å². The molecular weight excluding hydrogens is 283 g/mol. The van der Waals surface area contributed by atoms with E-state index in [-0.39, 0.29) is 22.0 Å². The summed E-state index contributed by atoms with van der Waals surface area (Å²) in [7, 11) is 1.50. The average molecular weight is 295 g/mol. The fraction of sp³-hybridized carbons (Fsp3) is 0.0714. The number of rotatable bonds is 3. The lowest BCUT2D eigenvalue weighted by Gasteiger charge is -2.09. The van der Waals surface area contributed by atoms with E-state index in [1.54, 1.807) is 6.07 Å². The second kappa shape index (κ2) is 5.79. The van der Waals surface area contributed by atoms with Gasteiger partial charge in [0.25, 0.3) is 5.91 Å². The van der Waals surface area contributed by atoms with E-state index >= 15 is 0 Å². The number of hydrogen-bond donors (Lipinski definition) is 2. The number of hydrogen-bond acceptors (Lipinski definition) is 3. The maximum absolute atomic E-state index is 13.6. The molecule has 0 aliphatic heterocycles. The van der Waals surface area contributed by atoms with Crippen LogP contribution in [-0.2, 0) is 0 Å². The van der Waals surface area contributed by atoms with Gasteiger partial charge in [-0.1, -0.05) is 11.6 Å². The second-order valence-corrected chi connectivity index (χ2v) is 4.47. The number of nitrogen functional groups attached to an aromatic ring is 1. The molecule has 0 bridgehead atoms. The van der Waals surface area contributed by atoms with Crippen molar-refractivity contribution in [3.63, 3.8) is 0 Å². The van der Waals surface area contributed by atoms with E-state index in [4.69, 9.17) is 22.1 Å². The van der Waals surface area contributed by atoms with Gasteiger partial charge in [0.15, 0.2) is 0 Å². The summed E-state index contributed by atoms with van der Waals surface area (Å²) in [5, 5.41) is 2.69. The summed E-state index contributed by atoms with van der Waals surface area (Å²) < 4.78 is 18.6. The zero-order valence-electron chi connectivity index (χ0n) is 10.6. The highest BCUT2D eigenvalue weighted by atomic mass is 35.5. The molecule has 0 aromatic heterocycles. The normalized spacial score (nSPS) is 10.2. The molecule has 0 radical (unpaired) electrons. The van der Waals surface area contributed by atoms with Crippen LogP contribution in [0.1, 0.15) is 10.4 Å². The van der Waals surface area contributed by atoms with Crippen LogP contribution in [0.4, 0.5) is 15.8 Å². The zero-order valence-corrected chi connectivity index (χ0v) is 11.4. The number of benzene rings is 2. The Morgan fingerprint density at radius 1 is 1.30 bits per heavy atom. The Morgan fingerprint density at radius 2 is 2.05 bits per heavy atom. The number of nitrogens with two attached hydrogens (primary N) is 1. The van der Waals surface area contributed by atoms with E-state index in [1.807, 2.05) is 0 Å². The molecule has 0 heterocycles. The molecule has 1 amide bonds. The first kappa shape index (κ1) is 14.1.